The third-order valence-electron chi connectivity index (χ3n) is 2.56. The highest BCUT2D eigenvalue weighted by Crippen LogP contribution is 2.30. The van der Waals surface area contributed by atoms with Crippen LogP contribution in [0.2, 0.25) is 5.15 Å². The van der Waals surface area contributed by atoms with E-state index < -0.39 is 0 Å². The van der Waals surface area contributed by atoms with Crippen LogP contribution in [0.15, 0.2) is 41.3 Å². The van der Waals surface area contributed by atoms with Crippen molar-refractivity contribution in [3.8, 4) is 11.3 Å². The van der Waals surface area contributed by atoms with E-state index in [1.165, 1.54) is 12.1 Å². The number of aromatic nitrogens is 3. The van der Waals surface area contributed by atoms with Crippen LogP contribution in [0.1, 0.15) is 0 Å². The summed E-state index contributed by atoms with van der Waals surface area (Å²) in [5.74, 6) is -0.279. The zero-order chi connectivity index (χ0) is 12.7. The molecule has 0 atom stereocenters. The summed E-state index contributed by atoms with van der Waals surface area (Å²) in [5, 5.41) is 0.326. The molecule has 0 amide bonds. The molecule has 0 radical (unpaired) electrons. The summed E-state index contributed by atoms with van der Waals surface area (Å²) in [4.78, 5) is 8.38. The average Bonchev–Trinajstić information content (AvgIpc) is 2.70. The van der Waals surface area contributed by atoms with Gasteiger partial charge in [-0.25, -0.2) is 14.4 Å². The summed E-state index contributed by atoms with van der Waals surface area (Å²) in [6, 6.07) is 6.13. The van der Waals surface area contributed by atoms with Crippen molar-refractivity contribution in [2.75, 3.05) is 0 Å². The van der Waals surface area contributed by atoms with Crippen molar-refractivity contribution in [2.24, 2.45) is 0 Å². The van der Waals surface area contributed by atoms with E-state index in [9.17, 15) is 4.39 Å². The summed E-state index contributed by atoms with van der Waals surface area (Å²) < 4.78 is 15.4. The molecule has 3 aromatic rings. The molecule has 0 spiro atoms. The number of rotatable bonds is 1. The molecule has 0 N–H and O–H groups in total. The molecule has 0 bridgehead atoms. The molecule has 1 aromatic carbocycles. The number of halogens is 3. The molecule has 18 heavy (non-hydrogen) atoms. The van der Waals surface area contributed by atoms with Crippen molar-refractivity contribution in [3.63, 3.8) is 0 Å². The average molecular weight is 327 g/mol. The van der Waals surface area contributed by atoms with Crippen molar-refractivity contribution in [1.82, 2.24) is 14.4 Å². The van der Waals surface area contributed by atoms with Crippen molar-refractivity contribution < 1.29 is 4.39 Å². The molecule has 0 fully saturated rings. The molecule has 0 saturated heterocycles. The zero-order valence-electron chi connectivity index (χ0n) is 8.94. The number of hydrogen-bond acceptors (Lipinski definition) is 2. The Labute approximate surface area is 115 Å². The lowest BCUT2D eigenvalue weighted by Crippen LogP contribution is -1.86. The Morgan fingerprint density at radius 3 is 2.61 bits per heavy atom. The molecule has 3 nitrogen and oxygen atoms in total. The summed E-state index contributed by atoms with van der Waals surface area (Å²) >= 11 is 9.44. The van der Waals surface area contributed by atoms with E-state index in [4.69, 9.17) is 11.6 Å². The maximum absolute atomic E-state index is 12.9. The predicted molar refractivity (Wildman–Crippen MR) is 71.1 cm³/mol. The molecular weight excluding hydrogens is 321 g/mol. The molecule has 0 aliphatic rings. The zero-order valence-corrected chi connectivity index (χ0v) is 11.3. The number of imidazole rings is 1. The smallest absolute Gasteiger partial charge is 0.176 e. The summed E-state index contributed by atoms with van der Waals surface area (Å²) in [7, 11) is 0. The van der Waals surface area contributed by atoms with Crippen LogP contribution in [-0.4, -0.2) is 14.4 Å². The van der Waals surface area contributed by atoms with Crippen LogP contribution in [0.5, 0.6) is 0 Å². The Bertz CT molecular complexity index is 724. The van der Waals surface area contributed by atoms with Crippen LogP contribution in [0.25, 0.3) is 16.9 Å². The van der Waals surface area contributed by atoms with Crippen LogP contribution in [0, 0.1) is 5.82 Å². The number of benzene rings is 1. The van der Waals surface area contributed by atoms with Gasteiger partial charge in [-0.1, -0.05) is 11.6 Å². The summed E-state index contributed by atoms with van der Waals surface area (Å²) in [5.41, 5.74) is 2.07. The van der Waals surface area contributed by atoms with Crippen LogP contribution in [0.3, 0.4) is 0 Å². The molecule has 0 unspecified atom stereocenters. The molecule has 0 aliphatic carbocycles. The highest BCUT2D eigenvalue weighted by Gasteiger charge is 2.13. The summed E-state index contributed by atoms with van der Waals surface area (Å²) in [6.07, 6.45) is 3.35. The molecule has 0 aliphatic heterocycles. The molecule has 90 valence electrons. The number of fused-ring (bicyclic) bond motifs is 1. The highest BCUT2D eigenvalue weighted by atomic mass is 79.9. The number of hydrogen-bond donors (Lipinski definition) is 0. The predicted octanol–water partition coefficient (Wildman–Crippen LogP) is 3.95. The molecule has 2 aromatic heterocycles. The Morgan fingerprint density at radius 1 is 1.22 bits per heavy atom. The first-order chi connectivity index (χ1) is 8.66. The molecule has 6 heteroatoms. The molecular formula is C12H6BrClFN3. The SMILES string of the molecule is Fc1ccc(-c2nc3c(Cl)nccn3c2Br)cc1. The fraction of sp³-hybridized carbons (Fsp3) is 0. The second-order valence-electron chi connectivity index (χ2n) is 3.67. The van der Waals surface area contributed by atoms with Crippen molar-refractivity contribution in [3.05, 3.63) is 52.2 Å². The quantitative estimate of drug-likeness (QED) is 0.678. The van der Waals surface area contributed by atoms with E-state index in [1.54, 1.807) is 28.9 Å². The van der Waals surface area contributed by atoms with Gasteiger partial charge in [-0.2, -0.15) is 0 Å². The minimum atomic E-state index is -0.279. The van der Waals surface area contributed by atoms with Crippen molar-refractivity contribution >= 4 is 33.2 Å². The monoisotopic (exact) mass is 325 g/mol. The molecule has 2 heterocycles. The van der Waals surface area contributed by atoms with E-state index in [1.807, 2.05) is 0 Å². The Hall–Kier alpha value is -1.46. The standard InChI is InChI=1S/C12H6BrClFN3/c13-10-9(7-1-3-8(15)4-2-7)17-12-11(14)16-5-6-18(10)12/h1-6H. The lowest BCUT2D eigenvalue weighted by molar-refractivity contribution is 0.628. The first-order valence-electron chi connectivity index (χ1n) is 5.11. The van der Waals surface area contributed by atoms with Gasteiger partial charge in [0.05, 0.1) is 0 Å². The van der Waals surface area contributed by atoms with Gasteiger partial charge in [0.1, 0.15) is 16.1 Å². The lowest BCUT2D eigenvalue weighted by atomic mass is 10.2. The minimum Gasteiger partial charge on any atom is -0.290 e. The van der Waals surface area contributed by atoms with Crippen LogP contribution >= 0.6 is 27.5 Å². The molecule has 3 rings (SSSR count). The highest BCUT2D eigenvalue weighted by molar-refractivity contribution is 9.10. The van der Waals surface area contributed by atoms with Gasteiger partial charge in [-0.05, 0) is 40.2 Å². The summed E-state index contributed by atoms with van der Waals surface area (Å²) in [6.45, 7) is 0. The van der Waals surface area contributed by atoms with Crippen molar-refractivity contribution in [2.45, 2.75) is 0 Å². The van der Waals surface area contributed by atoms with Gasteiger partial charge >= 0.3 is 0 Å². The normalized spacial score (nSPS) is 11.1. The second kappa shape index (κ2) is 4.33. The Balaban J connectivity index is 2.27. The third kappa shape index (κ3) is 1.79. The van der Waals surface area contributed by atoms with Gasteiger partial charge < -0.3 is 0 Å². The van der Waals surface area contributed by atoms with E-state index >= 15 is 0 Å². The lowest BCUT2D eigenvalue weighted by Gasteiger charge is -1.97. The van der Waals surface area contributed by atoms with Gasteiger partial charge in [-0.15, -0.1) is 0 Å². The molecule has 0 saturated carbocycles. The van der Waals surface area contributed by atoms with Crippen LogP contribution in [-0.2, 0) is 0 Å². The Kier molecular flexibility index (Phi) is 2.80. The third-order valence-corrected chi connectivity index (χ3v) is 3.58. The van der Waals surface area contributed by atoms with E-state index in [0.29, 0.717) is 16.5 Å². The van der Waals surface area contributed by atoms with Crippen LogP contribution in [0.4, 0.5) is 4.39 Å². The van der Waals surface area contributed by atoms with E-state index in [-0.39, 0.29) is 5.82 Å². The topological polar surface area (TPSA) is 30.2 Å². The first-order valence-corrected chi connectivity index (χ1v) is 6.28. The van der Waals surface area contributed by atoms with E-state index in [2.05, 4.69) is 25.9 Å². The maximum Gasteiger partial charge on any atom is 0.176 e. The van der Waals surface area contributed by atoms with Gasteiger partial charge in [-0.3, -0.25) is 4.40 Å². The largest absolute Gasteiger partial charge is 0.290 e. The fourth-order valence-electron chi connectivity index (χ4n) is 1.71. The van der Waals surface area contributed by atoms with Gasteiger partial charge in [0.15, 0.2) is 10.8 Å². The Morgan fingerprint density at radius 2 is 1.94 bits per heavy atom. The van der Waals surface area contributed by atoms with Crippen molar-refractivity contribution in [1.29, 1.82) is 0 Å². The fourth-order valence-corrected chi connectivity index (χ4v) is 2.50. The minimum absolute atomic E-state index is 0.279. The van der Waals surface area contributed by atoms with Gasteiger partial charge in [0.25, 0.3) is 0 Å². The maximum atomic E-state index is 12.9. The van der Waals surface area contributed by atoms with Gasteiger partial charge in [0.2, 0.25) is 0 Å². The van der Waals surface area contributed by atoms with Gasteiger partial charge in [0, 0.05) is 18.0 Å². The second-order valence-corrected chi connectivity index (χ2v) is 4.78. The van der Waals surface area contributed by atoms with E-state index in [0.717, 1.165) is 10.2 Å². The van der Waals surface area contributed by atoms with Crippen LogP contribution < -0.4 is 0 Å². The number of nitrogens with zero attached hydrogens (tertiary/aromatic N) is 3. The first kappa shape index (κ1) is 11.6.